The summed E-state index contributed by atoms with van der Waals surface area (Å²) in [5.74, 6) is 0.911. The van der Waals surface area contributed by atoms with Crippen LogP contribution in [0.1, 0.15) is 13.3 Å². The first kappa shape index (κ1) is 13.6. The standard InChI is InChI=1S/C15H21N2O2/c1-2-11-18-14-17-9-8-16(13-17)10-12-19-15-6-4-3-5-7-15/h3-9,13H,2,10-12,14H2,1H3/q+1. The fourth-order valence-electron chi connectivity index (χ4n) is 1.75. The molecule has 2 rings (SSSR count). The van der Waals surface area contributed by atoms with E-state index in [4.69, 9.17) is 9.47 Å². The number of rotatable bonds is 8. The fraction of sp³-hybridized carbons (Fsp3) is 0.400. The van der Waals surface area contributed by atoms with Crippen LogP contribution in [0, 0.1) is 0 Å². The Balaban J connectivity index is 1.71. The molecule has 0 saturated carbocycles. The van der Waals surface area contributed by atoms with E-state index in [0.717, 1.165) is 25.3 Å². The molecule has 0 unspecified atom stereocenters. The van der Waals surface area contributed by atoms with E-state index in [0.29, 0.717) is 13.3 Å². The van der Waals surface area contributed by atoms with E-state index in [9.17, 15) is 0 Å². The normalized spacial score (nSPS) is 10.6. The van der Waals surface area contributed by atoms with Crippen LogP contribution < -0.4 is 9.30 Å². The Labute approximate surface area is 114 Å². The summed E-state index contributed by atoms with van der Waals surface area (Å²) in [5, 5.41) is 0. The number of imidazole rings is 1. The molecule has 0 amide bonds. The molecule has 1 aromatic heterocycles. The van der Waals surface area contributed by atoms with Crippen LogP contribution in [-0.4, -0.2) is 17.8 Å². The number of aromatic nitrogens is 2. The van der Waals surface area contributed by atoms with Gasteiger partial charge in [0.15, 0.2) is 6.73 Å². The predicted octanol–water partition coefficient (Wildman–Crippen LogP) is 2.24. The van der Waals surface area contributed by atoms with Crippen molar-refractivity contribution in [3.63, 3.8) is 0 Å². The number of benzene rings is 1. The molecule has 4 nitrogen and oxygen atoms in total. The summed E-state index contributed by atoms with van der Waals surface area (Å²) in [6.07, 6.45) is 7.12. The van der Waals surface area contributed by atoms with Gasteiger partial charge in [0, 0.05) is 0 Å². The van der Waals surface area contributed by atoms with Gasteiger partial charge in [-0.15, -0.1) is 0 Å². The van der Waals surface area contributed by atoms with Gasteiger partial charge in [0.05, 0.1) is 6.61 Å². The first-order valence-corrected chi connectivity index (χ1v) is 6.69. The zero-order valence-corrected chi connectivity index (χ0v) is 11.4. The van der Waals surface area contributed by atoms with Crippen LogP contribution in [0.15, 0.2) is 49.1 Å². The van der Waals surface area contributed by atoms with Crippen LogP contribution in [0.5, 0.6) is 5.75 Å². The van der Waals surface area contributed by atoms with Crippen molar-refractivity contribution < 1.29 is 14.0 Å². The van der Waals surface area contributed by atoms with Crippen LogP contribution in [0.2, 0.25) is 0 Å². The van der Waals surface area contributed by atoms with E-state index in [2.05, 4.69) is 11.5 Å². The second-order valence-electron chi connectivity index (χ2n) is 4.36. The Kier molecular flexibility index (Phi) is 5.44. The average Bonchev–Trinajstić information content (AvgIpc) is 2.88. The van der Waals surface area contributed by atoms with Crippen LogP contribution in [0.25, 0.3) is 0 Å². The van der Waals surface area contributed by atoms with Crippen LogP contribution in [0.4, 0.5) is 0 Å². The second-order valence-corrected chi connectivity index (χ2v) is 4.36. The molecule has 0 aliphatic heterocycles. The first-order valence-electron chi connectivity index (χ1n) is 6.69. The Morgan fingerprint density at radius 1 is 1.16 bits per heavy atom. The van der Waals surface area contributed by atoms with Gasteiger partial charge in [-0.25, -0.2) is 9.13 Å². The number of nitrogens with zero attached hydrogens (tertiary/aromatic N) is 2. The van der Waals surface area contributed by atoms with Crippen molar-refractivity contribution in [1.82, 2.24) is 4.57 Å². The maximum absolute atomic E-state index is 5.66. The third-order valence-electron chi connectivity index (χ3n) is 2.70. The zero-order valence-electron chi connectivity index (χ0n) is 11.4. The lowest BCUT2D eigenvalue weighted by Gasteiger charge is -2.03. The van der Waals surface area contributed by atoms with Gasteiger partial charge in [0.2, 0.25) is 6.33 Å². The highest BCUT2D eigenvalue weighted by Crippen LogP contribution is 2.07. The van der Waals surface area contributed by atoms with Crippen molar-refractivity contribution in [3.8, 4) is 5.75 Å². The van der Waals surface area contributed by atoms with Gasteiger partial charge in [-0.3, -0.25) is 0 Å². The molecule has 1 heterocycles. The van der Waals surface area contributed by atoms with E-state index in [1.54, 1.807) is 0 Å². The minimum Gasteiger partial charge on any atom is -0.489 e. The number of ether oxygens (including phenoxy) is 2. The number of para-hydroxylation sites is 1. The summed E-state index contributed by atoms with van der Waals surface area (Å²) in [4.78, 5) is 0. The van der Waals surface area contributed by atoms with E-state index < -0.39 is 0 Å². The van der Waals surface area contributed by atoms with Crippen molar-refractivity contribution in [2.24, 2.45) is 0 Å². The highest BCUT2D eigenvalue weighted by Gasteiger charge is 2.03. The van der Waals surface area contributed by atoms with Crippen molar-refractivity contribution >= 4 is 0 Å². The van der Waals surface area contributed by atoms with Crippen molar-refractivity contribution in [2.45, 2.75) is 26.6 Å². The monoisotopic (exact) mass is 261 g/mol. The highest BCUT2D eigenvalue weighted by molar-refractivity contribution is 5.20. The molecule has 0 aliphatic rings. The molecular weight excluding hydrogens is 240 g/mol. The van der Waals surface area contributed by atoms with Gasteiger partial charge in [0.1, 0.15) is 31.3 Å². The van der Waals surface area contributed by atoms with Crippen LogP contribution in [-0.2, 0) is 18.0 Å². The molecule has 0 spiro atoms. The third-order valence-corrected chi connectivity index (χ3v) is 2.70. The summed E-state index contributed by atoms with van der Waals surface area (Å²) < 4.78 is 15.3. The molecule has 0 aliphatic carbocycles. The summed E-state index contributed by atoms with van der Waals surface area (Å²) in [7, 11) is 0. The molecule has 102 valence electrons. The Morgan fingerprint density at radius 2 is 2.00 bits per heavy atom. The van der Waals surface area contributed by atoms with Gasteiger partial charge in [-0.1, -0.05) is 25.1 Å². The lowest BCUT2D eigenvalue weighted by Crippen LogP contribution is -2.32. The van der Waals surface area contributed by atoms with E-state index >= 15 is 0 Å². The summed E-state index contributed by atoms with van der Waals surface area (Å²) in [5.41, 5.74) is 0. The lowest BCUT2D eigenvalue weighted by atomic mass is 10.3. The predicted molar refractivity (Wildman–Crippen MR) is 72.8 cm³/mol. The van der Waals surface area contributed by atoms with Crippen LogP contribution >= 0.6 is 0 Å². The highest BCUT2D eigenvalue weighted by atomic mass is 16.5. The molecule has 0 radical (unpaired) electrons. The Bertz CT molecular complexity index is 468. The molecule has 0 saturated heterocycles. The quantitative estimate of drug-likeness (QED) is 0.538. The van der Waals surface area contributed by atoms with Gasteiger partial charge >= 0.3 is 0 Å². The fourth-order valence-corrected chi connectivity index (χ4v) is 1.75. The zero-order chi connectivity index (χ0) is 13.3. The van der Waals surface area contributed by atoms with Gasteiger partial charge in [0.25, 0.3) is 0 Å². The van der Waals surface area contributed by atoms with Crippen LogP contribution in [0.3, 0.4) is 0 Å². The third kappa shape index (κ3) is 4.75. The molecular formula is C15H21N2O2+. The molecule has 0 atom stereocenters. The summed E-state index contributed by atoms with van der Waals surface area (Å²) >= 11 is 0. The van der Waals surface area contributed by atoms with Gasteiger partial charge < -0.3 is 9.47 Å². The largest absolute Gasteiger partial charge is 0.489 e. The van der Waals surface area contributed by atoms with E-state index in [1.807, 2.05) is 53.6 Å². The minimum atomic E-state index is 0.611. The molecule has 4 heteroatoms. The first-order chi connectivity index (χ1) is 9.38. The second kappa shape index (κ2) is 7.59. The average molecular weight is 261 g/mol. The Hall–Kier alpha value is -1.81. The molecule has 0 N–H and O–H groups in total. The molecule has 2 aromatic rings. The maximum Gasteiger partial charge on any atom is 0.245 e. The van der Waals surface area contributed by atoms with E-state index in [1.165, 1.54) is 0 Å². The molecule has 0 bridgehead atoms. The minimum absolute atomic E-state index is 0.611. The van der Waals surface area contributed by atoms with Crippen molar-refractivity contribution in [2.75, 3.05) is 13.2 Å². The smallest absolute Gasteiger partial charge is 0.245 e. The van der Waals surface area contributed by atoms with Crippen molar-refractivity contribution in [1.29, 1.82) is 0 Å². The van der Waals surface area contributed by atoms with Gasteiger partial charge in [-0.2, -0.15) is 0 Å². The Morgan fingerprint density at radius 3 is 2.79 bits per heavy atom. The topological polar surface area (TPSA) is 27.3 Å². The summed E-state index contributed by atoms with van der Waals surface area (Å²) in [6, 6.07) is 9.87. The van der Waals surface area contributed by atoms with Crippen molar-refractivity contribution in [3.05, 3.63) is 49.1 Å². The van der Waals surface area contributed by atoms with E-state index in [-0.39, 0.29) is 0 Å². The SMILES string of the molecule is CCCOC[n+]1ccn(CCOc2ccccc2)c1. The van der Waals surface area contributed by atoms with Gasteiger partial charge in [-0.05, 0) is 18.6 Å². The number of hydrogen-bond donors (Lipinski definition) is 0. The molecule has 19 heavy (non-hydrogen) atoms. The molecule has 1 aromatic carbocycles. The number of hydrogen-bond acceptors (Lipinski definition) is 2. The lowest BCUT2D eigenvalue weighted by molar-refractivity contribution is -0.732. The maximum atomic E-state index is 5.66. The molecule has 0 fully saturated rings. The summed E-state index contributed by atoms with van der Waals surface area (Å²) in [6.45, 7) is 5.01.